The Balaban J connectivity index is 1.92. The Kier molecular flexibility index (Phi) is 5.19. The van der Waals surface area contributed by atoms with Gasteiger partial charge in [-0.15, -0.1) is 0 Å². The molecule has 134 valence electrons. The van der Waals surface area contributed by atoms with Crippen LogP contribution in [0.5, 0.6) is 17.2 Å². The summed E-state index contributed by atoms with van der Waals surface area (Å²) in [5.41, 5.74) is 2.16. The average molecular weight is 372 g/mol. The maximum absolute atomic E-state index is 12.6. The largest absolute Gasteiger partial charge is 0.493 e. The third-order valence-electron chi connectivity index (χ3n) is 4.02. The minimum absolute atomic E-state index is 0.118. The summed E-state index contributed by atoms with van der Waals surface area (Å²) in [5.74, 6) is 1.45. The molecular formula is C20H18ClNO4. The number of ether oxygens (including phenoxy) is 3. The maximum atomic E-state index is 12.6. The number of halogens is 1. The lowest BCUT2D eigenvalue weighted by atomic mass is 10.1. The van der Waals surface area contributed by atoms with E-state index in [0.29, 0.717) is 27.8 Å². The highest BCUT2D eigenvalue weighted by Crippen LogP contribution is 2.38. The van der Waals surface area contributed by atoms with Crippen LogP contribution in [0.3, 0.4) is 0 Å². The van der Waals surface area contributed by atoms with Crippen LogP contribution in [0.4, 0.5) is 0 Å². The predicted octanol–water partition coefficient (Wildman–Crippen LogP) is 4.74. The molecule has 2 aromatic carbocycles. The van der Waals surface area contributed by atoms with Gasteiger partial charge in [-0.2, -0.15) is 0 Å². The highest BCUT2D eigenvalue weighted by atomic mass is 35.5. The van der Waals surface area contributed by atoms with Crippen LogP contribution in [0.25, 0.3) is 17.0 Å². The van der Waals surface area contributed by atoms with Crippen molar-refractivity contribution in [2.24, 2.45) is 0 Å². The minimum atomic E-state index is -0.118. The molecule has 0 amide bonds. The van der Waals surface area contributed by atoms with Crippen molar-refractivity contribution in [3.05, 3.63) is 58.8 Å². The molecule has 26 heavy (non-hydrogen) atoms. The standard InChI is InChI=1S/C20H18ClNO4/c1-24-18-8-12(9-19(25-2)20(18)26-3)4-7-17(23)15-11-22-16-10-13(21)5-6-14(15)16/h4-11,22H,1-3H3. The maximum Gasteiger partial charge on any atom is 0.203 e. The van der Waals surface area contributed by atoms with Crippen molar-refractivity contribution in [1.29, 1.82) is 0 Å². The van der Waals surface area contributed by atoms with E-state index >= 15 is 0 Å². The molecule has 0 atom stereocenters. The van der Waals surface area contributed by atoms with E-state index < -0.39 is 0 Å². The summed E-state index contributed by atoms with van der Waals surface area (Å²) in [6.45, 7) is 0. The molecule has 0 aliphatic carbocycles. The van der Waals surface area contributed by atoms with E-state index in [0.717, 1.165) is 16.5 Å². The number of hydrogen-bond acceptors (Lipinski definition) is 4. The summed E-state index contributed by atoms with van der Waals surface area (Å²) in [7, 11) is 4.64. The Labute approximate surface area is 156 Å². The number of rotatable bonds is 6. The second kappa shape index (κ2) is 7.54. The molecule has 0 radical (unpaired) electrons. The molecule has 3 rings (SSSR count). The van der Waals surface area contributed by atoms with E-state index in [4.69, 9.17) is 25.8 Å². The minimum Gasteiger partial charge on any atom is -0.493 e. The van der Waals surface area contributed by atoms with Crippen molar-refractivity contribution in [3.63, 3.8) is 0 Å². The molecule has 0 aliphatic heterocycles. The Hall–Kier alpha value is -2.92. The number of fused-ring (bicyclic) bond motifs is 1. The zero-order valence-electron chi connectivity index (χ0n) is 14.6. The highest BCUT2D eigenvalue weighted by Gasteiger charge is 2.13. The Morgan fingerprint density at radius 1 is 1.04 bits per heavy atom. The number of carbonyl (C=O) groups excluding carboxylic acids is 1. The van der Waals surface area contributed by atoms with Gasteiger partial charge in [0.1, 0.15) is 0 Å². The van der Waals surface area contributed by atoms with Crippen molar-refractivity contribution >= 4 is 34.4 Å². The summed E-state index contributed by atoms with van der Waals surface area (Å²) in [4.78, 5) is 15.6. The number of H-pyrrole nitrogens is 1. The molecule has 0 aliphatic rings. The van der Waals surface area contributed by atoms with Crippen molar-refractivity contribution in [2.75, 3.05) is 21.3 Å². The Morgan fingerprint density at radius 3 is 2.35 bits per heavy atom. The quantitative estimate of drug-likeness (QED) is 0.502. The number of nitrogens with one attached hydrogen (secondary N) is 1. The molecule has 6 heteroatoms. The second-order valence-electron chi connectivity index (χ2n) is 5.55. The molecule has 0 bridgehead atoms. The van der Waals surface area contributed by atoms with Crippen LogP contribution in [0.1, 0.15) is 15.9 Å². The van der Waals surface area contributed by atoms with Gasteiger partial charge in [0.25, 0.3) is 0 Å². The normalized spacial score (nSPS) is 11.1. The van der Waals surface area contributed by atoms with Gasteiger partial charge >= 0.3 is 0 Å². The van der Waals surface area contributed by atoms with Crippen LogP contribution < -0.4 is 14.2 Å². The molecule has 0 spiro atoms. The van der Waals surface area contributed by atoms with Gasteiger partial charge in [-0.3, -0.25) is 4.79 Å². The van der Waals surface area contributed by atoms with Crippen molar-refractivity contribution < 1.29 is 19.0 Å². The summed E-state index contributed by atoms with van der Waals surface area (Å²) < 4.78 is 16.0. The third-order valence-corrected chi connectivity index (χ3v) is 4.26. The number of benzene rings is 2. The fourth-order valence-corrected chi connectivity index (χ4v) is 2.93. The van der Waals surface area contributed by atoms with E-state index in [9.17, 15) is 4.79 Å². The van der Waals surface area contributed by atoms with Gasteiger partial charge in [0.15, 0.2) is 17.3 Å². The molecule has 5 nitrogen and oxygen atoms in total. The fraction of sp³-hybridized carbons (Fsp3) is 0.150. The summed E-state index contributed by atoms with van der Waals surface area (Å²) >= 11 is 5.98. The summed E-state index contributed by atoms with van der Waals surface area (Å²) in [6.07, 6.45) is 4.91. The summed E-state index contributed by atoms with van der Waals surface area (Å²) in [5, 5.41) is 1.44. The Morgan fingerprint density at radius 2 is 1.73 bits per heavy atom. The average Bonchev–Trinajstić information content (AvgIpc) is 3.08. The predicted molar refractivity (Wildman–Crippen MR) is 103 cm³/mol. The summed E-state index contributed by atoms with van der Waals surface area (Å²) in [6, 6.07) is 8.93. The number of ketones is 1. The lowest BCUT2D eigenvalue weighted by molar-refractivity contribution is 0.104. The molecule has 1 heterocycles. The molecule has 1 aromatic heterocycles. The molecular weight excluding hydrogens is 354 g/mol. The topological polar surface area (TPSA) is 60.6 Å². The number of aromatic amines is 1. The number of carbonyl (C=O) groups is 1. The molecule has 1 N–H and O–H groups in total. The van der Waals surface area contributed by atoms with Gasteiger partial charge < -0.3 is 19.2 Å². The molecule has 0 saturated heterocycles. The van der Waals surface area contributed by atoms with E-state index in [-0.39, 0.29) is 5.78 Å². The van der Waals surface area contributed by atoms with Crippen LogP contribution in [-0.2, 0) is 0 Å². The van der Waals surface area contributed by atoms with Gasteiger partial charge in [0.2, 0.25) is 5.75 Å². The third kappa shape index (κ3) is 3.39. The van der Waals surface area contributed by atoms with Gasteiger partial charge in [-0.1, -0.05) is 23.7 Å². The van der Waals surface area contributed by atoms with Gasteiger partial charge in [-0.25, -0.2) is 0 Å². The smallest absolute Gasteiger partial charge is 0.203 e. The van der Waals surface area contributed by atoms with Crippen LogP contribution in [0, 0.1) is 0 Å². The lowest BCUT2D eigenvalue weighted by Gasteiger charge is -2.12. The zero-order chi connectivity index (χ0) is 18.7. The lowest BCUT2D eigenvalue weighted by Crippen LogP contribution is -1.96. The number of aromatic nitrogens is 1. The first kappa shape index (κ1) is 17.9. The van der Waals surface area contributed by atoms with E-state index in [1.54, 1.807) is 57.9 Å². The van der Waals surface area contributed by atoms with Gasteiger partial charge in [0, 0.05) is 27.7 Å². The monoisotopic (exact) mass is 371 g/mol. The fourth-order valence-electron chi connectivity index (χ4n) is 2.76. The van der Waals surface area contributed by atoms with Crippen molar-refractivity contribution in [3.8, 4) is 17.2 Å². The van der Waals surface area contributed by atoms with Gasteiger partial charge in [-0.05, 0) is 35.9 Å². The number of methoxy groups -OCH3 is 3. The SMILES string of the molecule is COc1cc(C=CC(=O)c2c[nH]c3cc(Cl)ccc23)cc(OC)c1OC. The second-order valence-corrected chi connectivity index (χ2v) is 5.98. The van der Waals surface area contributed by atoms with Gasteiger partial charge in [0.05, 0.1) is 21.3 Å². The zero-order valence-corrected chi connectivity index (χ0v) is 15.4. The highest BCUT2D eigenvalue weighted by molar-refractivity contribution is 6.31. The molecule has 3 aromatic rings. The first-order valence-electron chi connectivity index (χ1n) is 7.86. The van der Waals surface area contributed by atoms with E-state index in [2.05, 4.69) is 4.98 Å². The van der Waals surface area contributed by atoms with Crippen LogP contribution in [0.2, 0.25) is 5.02 Å². The van der Waals surface area contributed by atoms with E-state index in [1.165, 1.54) is 6.08 Å². The molecule has 0 fully saturated rings. The number of hydrogen-bond donors (Lipinski definition) is 1. The van der Waals surface area contributed by atoms with Crippen molar-refractivity contribution in [2.45, 2.75) is 0 Å². The first-order valence-corrected chi connectivity index (χ1v) is 8.24. The molecule has 0 saturated carbocycles. The van der Waals surface area contributed by atoms with Crippen LogP contribution in [-0.4, -0.2) is 32.1 Å². The first-order chi connectivity index (χ1) is 12.6. The Bertz CT molecular complexity index is 966. The van der Waals surface area contributed by atoms with E-state index in [1.807, 2.05) is 6.07 Å². The van der Waals surface area contributed by atoms with Crippen molar-refractivity contribution in [1.82, 2.24) is 4.98 Å². The van der Waals surface area contributed by atoms with Crippen LogP contribution in [0.15, 0.2) is 42.6 Å². The molecule has 0 unspecified atom stereocenters. The van der Waals surface area contributed by atoms with Crippen LogP contribution >= 0.6 is 11.6 Å². The number of allylic oxidation sites excluding steroid dienone is 1.